The fourth-order valence-corrected chi connectivity index (χ4v) is 1.87. The average Bonchev–Trinajstić information content (AvgIpc) is 2.26. The molecule has 0 aliphatic rings. The SMILES string of the molecule is CCN(C)c1cc(=O)[nH]c2cc(Cl)ccc12. The van der Waals surface area contributed by atoms with Crippen molar-refractivity contribution in [2.45, 2.75) is 6.92 Å². The minimum atomic E-state index is -0.106. The molecule has 4 heteroatoms. The normalized spacial score (nSPS) is 10.7. The number of nitrogens with one attached hydrogen (secondary N) is 1. The van der Waals surface area contributed by atoms with E-state index in [1.807, 2.05) is 31.0 Å². The second kappa shape index (κ2) is 4.18. The van der Waals surface area contributed by atoms with E-state index >= 15 is 0 Å². The van der Waals surface area contributed by atoms with Gasteiger partial charge in [-0.1, -0.05) is 11.6 Å². The number of halogens is 1. The van der Waals surface area contributed by atoms with Gasteiger partial charge in [-0.3, -0.25) is 4.79 Å². The molecule has 2 rings (SSSR count). The van der Waals surface area contributed by atoms with E-state index in [-0.39, 0.29) is 5.56 Å². The van der Waals surface area contributed by atoms with Crippen molar-refractivity contribution >= 4 is 28.2 Å². The fraction of sp³-hybridized carbons (Fsp3) is 0.250. The summed E-state index contributed by atoms with van der Waals surface area (Å²) in [5, 5.41) is 1.63. The van der Waals surface area contributed by atoms with Crippen LogP contribution in [0, 0.1) is 0 Å². The van der Waals surface area contributed by atoms with E-state index in [2.05, 4.69) is 4.98 Å². The molecule has 0 radical (unpaired) electrons. The molecule has 0 amide bonds. The van der Waals surface area contributed by atoms with E-state index in [9.17, 15) is 4.79 Å². The number of fused-ring (bicyclic) bond motifs is 1. The number of aromatic amines is 1. The van der Waals surface area contributed by atoms with Crippen molar-refractivity contribution in [1.29, 1.82) is 0 Å². The zero-order chi connectivity index (χ0) is 11.7. The van der Waals surface area contributed by atoms with Gasteiger partial charge < -0.3 is 9.88 Å². The van der Waals surface area contributed by atoms with Crippen LogP contribution in [-0.4, -0.2) is 18.6 Å². The van der Waals surface area contributed by atoms with Crippen molar-refractivity contribution in [3.63, 3.8) is 0 Å². The van der Waals surface area contributed by atoms with Gasteiger partial charge in [0, 0.05) is 30.1 Å². The van der Waals surface area contributed by atoms with Gasteiger partial charge in [0.15, 0.2) is 0 Å². The van der Waals surface area contributed by atoms with Gasteiger partial charge in [-0.05, 0) is 25.1 Å². The first-order valence-corrected chi connectivity index (χ1v) is 5.53. The maximum absolute atomic E-state index is 11.5. The number of aromatic nitrogens is 1. The molecule has 84 valence electrons. The number of pyridine rings is 1. The number of hydrogen-bond donors (Lipinski definition) is 1. The molecule has 1 aromatic carbocycles. The highest BCUT2D eigenvalue weighted by molar-refractivity contribution is 6.31. The second-order valence-electron chi connectivity index (χ2n) is 3.72. The summed E-state index contributed by atoms with van der Waals surface area (Å²) in [7, 11) is 1.96. The Morgan fingerprint density at radius 2 is 2.12 bits per heavy atom. The lowest BCUT2D eigenvalue weighted by molar-refractivity contribution is 0.970. The van der Waals surface area contributed by atoms with Crippen molar-refractivity contribution in [2.24, 2.45) is 0 Å². The molecule has 0 bridgehead atoms. The number of benzene rings is 1. The predicted octanol–water partition coefficient (Wildman–Crippen LogP) is 2.64. The molecular weight excluding hydrogens is 224 g/mol. The number of hydrogen-bond acceptors (Lipinski definition) is 2. The van der Waals surface area contributed by atoms with Crippen LogP contribution in [0.1, 0.15) is 6.92 Å². The van der Waals surface area contributed by atoms with Crippen LogP contribution in [0.15, 0.2) is 29.1 Å². The molecule has 0 spiro atoms. The van der Waals surface area contributed by atoms with E-state index < -0.39 is 0 Å². The highest BCUT2D eigenvalue weighted by Crippen LogP contribution is 2.25. The lowest BCUT2D eigenvalue weighted by atomic mass is 10.1. The molecule has 1 N–H and O–H groups in total. The first-order chi connectivity index (χ1) is 7.61. The summed E-state index contributed by atoms with van der Waals surface area (Å²) in [6.07, 6.45) is 0. The molecule has 1 aromatic heterocycles. The Balaban J connectivity index is 2.77. The molecule has 16 heavy (non-hydrogen) atoms. The van der Waals surface area contributed by atoms with Crippen LogP contribution in [0.3, 0.4) is 0 Å². The van der Waals surface area contributed by atoms with Gasteiger partial charge in [0.05, 0.1) is 11.2 Å². The highest BCUT2D eigenvalue weighted by Gasteiger charge is 2.06. The summed E-state index contributed by atoms with van der Waals surface area (Å²) in [4.78, 5) is 16.3. The van der Waals surface area contributed by atoms with Crippen molar-refractivity contribution < 1.29 is 0 Å². The molecule has 0 atom stereocenters. The Bertz CT molecular complexity index is 577. The van der Waals surface area contributed by atoms with Crippen LogP contribution in [-0.2, 0) is 0 Å². The maximum atomic E-state index is 11.5. The Morgan fingerprint density at radius 1 is 1.38 bits per heavy atom. The molecule has 1 heterocycles. The Kier molecular flexibility index (Phi) is 2.88. The lowest BCUT2D eigenvalue weighted by Gasteiger charge is -2.18. The first-order valence-electron chi connectivity index (χ1n) is 5.15. The topological polar surface area (TPSA) is 36.1 Å². The van der Waals surface area contributed by atoms with E-state index in [0.29, 0.717) is 5.02 Å². The molecule has 0 unspecified atom stereocenters. The van der Waals surface area contributed by atoms with Gasteiger partial charge in [0.25, 0.3) is 0 Å². The molecule has 0 aliphatic carbocycles. The minimum Gasteiger partial charge on any atom is -0.374 e. The van der Waals surface area contributed by atoms with E-state index in [1.165, 1.54) is 0 Å². The van der Waals surface area contributed by atoms with Gasteiger partial charge in [0.2, 0.25) is 5.56 Å². The highest BCUT2D eigenvalue weighted by atomic mass is 35.5. The zero-order valence-electron chi connectivity index (χ0n) is 9.25. The maximum Gasteiger partial charge on any atom is 0.250 e. The van der Waals surface area contributed by atoms with Crippen LogP contribution in [0.2, 0.25) is 5.02 Å². The summed E-state index contributed by atoms with van der Waals surface area (Å²) in [5.41, 5.74) is 1.60. The van der Waals surface area contributed by atoms with Gasteiger partial charge in [0.1, 0.15) is 0 Å². The number of H-pyrrole nitrogens is 1. The van der Waals surface area contributed by atoms with Crippen LogP contribution in [0.5, 0.6) is 0 Å². The molecule has 0 aliphatic heterocycles. The fourth-order valence-electron chi connectivity index (χ4n) is 1.70. The number of nitrogens with zero attached hydrogens (tertiary/aromatic N) is 1. The summed E-state index contributed by atoms with van der Waals surface area (Å²) in [6, 6.07) is 7.13. The molecule has 0 fully saturated rings. The van der Waals surface area contributed by atoms with E-state index in [1.54, 1.807) is 12.1 Å². The average molecular weight is 237 g/mol. The second-order valence-corrected chi connectivity index (χ2v) is 4.16. The van der Waals surface area contributed by atoms with Gasteiger partial charge >= 0.3 is 0 Å². The first kappa shape index (κ1) is 11.0. The summed E-state index contributed by atoms with van der Waals surface area (Å²) in [6.45, 7) is 2.89. The van der Waals surface area contributed by atoms with Crippen LogP contribution < -0.4 is 10.5 Å². The molecule has 0 saturated carbocycles. The third kappa shape index (κ3) is 1.91. The van der Waals surface area contributed by atoms with Crippen molar-refractivity contribution in [2.75, 3.05) is 18.5 Å². The summed E-state index contributed by atoms with van der Waals surface area (Å²) in [5.74, 6) is 0. The van der Waals surface area contributed by atoms with Crippen molar-refractivity contribution in [1.82, 2.24) is 4.98 Å². The number of rotatable bonds is 2. The van der Waals surface area contributed by atoms with E-state index in [4.69, 9.17) is 11.6 Å². The zero-order valence-corrected chi connectivity index (χ0v) is 10.0. The smallest absolute Gasteiger partial charge is 0.250 e. The van der Waals surface area contributed by atoms with Crippen LogP contribution in [0.4, 0.5) is 5.69 Å². The van der Waals surface area contributed by atoms with E-state index in [0.717, 1.165) is 23.1 Å². The lowest BCUT2D eigenvalue weighted by Crippen LogP contribution is -2.19. The third-order valence-corrected chi connectivity index (χ3v) is 2.90. The molecule has 2 aromatic rings. The molecular formula is C12H13ClN2O. The quantitative estimate of drug-likeness (QED) is 0.870. The van der Waals surface area contributed by atoms with Crippen LogP contribution in [0.25, 0.3) is 10.9 Å². The summed E-state index contributed by atoms with van der Waals surface area (Å²) < 4.78 is 0. The van der Waals surface area contributed by atoms with Crippen molar-refractivity contribution in [3.8, 4) is 0 Å². The van der Waals surface area contributed by atoms with Gasteiger partial charge in [-0.25, -0.2) is 0 Å². The van der Waals surface area contributed by atoms with Crippen LogP contribution >= 0.6 is 11.6 Å². The van der Waals surface area contributed by atoms with Crippen molar-refractivity contribution in [3.05, 3.63) is 39.6 Å². The summed E-state index contributed by atoms with van der Waals surface area (Å²) >= 11 is 5.90. The third-order valence-electron chi connectivity index (χ3n) is 2.67. The Labute approximate surface area is 98.7 Å². The van der Waals surface area contributed by atoms with Gasteiger partial charge in [-0.2, -0.15) is 0 Å². The number of anilines is 1. The predicted molar refractivity (Wildman–Crippen MR) is 68.5 cm³/mol. The largest absolute Gasteiger partial charge is 0.374 e. The minimum absolute atomic E-state index is 0.106. The monoisotopic (exact) mass is 236 g/mol. The standard InChI is InChI=1S/C12H13ClN2O/c1-3-15(2)11-7-12(16)14-10-6-8(13)4-5-9(10)11/h4-7H,3H2,1-2H3,(H,14,16). The molecule has 0 saturated heterocycles. The molecule has 3 nitrogen and oxygen atoms in total. The Morgan fingerprint density at radius 3 is 2.81 bits per heavy atom. The van der Waals surface area contributed by atoms with Gasteiger partial charge in [-0.15, -0.1) is 0 Å². The Hall–Kier alpha value is -1.48.